The van der Waals surface area contributed by atoms with Crippen LogP contribution in [0, 0.1) is 11.7 Å². The second-order valence-electron chi connectivity index (χ2n) is 10.1. The minimum absolute atomic E-state index is 0.0867. The van der Waals surface area contributed by atoms with E-state index in [1.54, 1.807) is 6.07 Å². The molecule has 2 saturated heterocycles. The standard InChI is InChI=1S/C27H32F3N3O4/c1-18(14-24(34)32-10-12-35-13-11-32)19-2-4-21(5-3-19)37-22-7-9-33(16-22)23-6-8-31-26(25(23)28)36-17-20-15-27(20,29)30/h2-6,8,18,20,22H,7,9-17H2,1H3/t18-,20?,22?/m1/s1. The lowest BCUT2D eigenvalue weighted by molar-refractivity contribution is -0.135. The van der Waals surface area contributed by atoms with Crippen molar-refractivity contribution in [2.24, 2.45) is 5.92 Å². The summed E-state index contributed by atoms with van der Waals surface area (Å²) in [5, 5.41) is 0. The van der Waals surface area contributed by atoms with E-state index in [0.717, 1.165) is 5.56 Å². The molecule has 7 nitrogen and oxygen atoms in total. The Morgan fingerprint density at radius 3 is 2.62 bits per heavy atom. The van der Waals surface area contributed by atoms with Gasteiger partial charge in [-0.15, -0.1) is 0 Å². The third-order valence-corrected chi connectivity index (χ3v) is 7.30. The van der Waals surface area contributed by atoms with Crippen LogP contribution in [0.3, 0.4) is 0 Å². The largest absolute Gasteiger partial charge is 0.489 e. The Morgan fingerprint density at radius 2 is 1.92 bits per heavy atom. The zero-order chi connectivity index (χ0) is 26.0. The first kappa shape index (κ1) is 25.6. The van der Waals surface area contributed by atoms with E-state index in [9.17, 15) is 18.0 Å². The molecule has 1 saturated carbocycles. The van der Waals surface area contributed by atoms with E-state index in [4.69, 9.17) is 14.2 Å². The molecule has 0 bridgehead atoms. The molecule has 200 valence electrons. The normalized spacial score (nSPS) is 23.6. The Morgan fingerprint density at radius 1 is 1.19 bits per heavy atom. The highest BCUT2D eigenvalue weighted by Gasteiger charge is 2.57. The van der Waals surface area contributed by atoms with E-state index >= 15 is 0 Å². The molecule has 1 aromatic heterocycles. The summed E-state index contributed by atoms with van der Waals surface area (Å²) in [5.41, 5.74) is 1.39. The Labute approximate surface area is 214 Å². The number of anilines is 1. The maximum Gasteiger partial charge on any atom is 0.255 e. The van der Waals surface area contributed by atoms with Crippen molar-refractivity contribution in [3.8, 4) is 11.6 Å². The zero-order valence-electron chi connectivity index (χ0n) is 20.9. The number of amides is 1. The average molecular weight is 520 g/mol. The zero-order valence-corrected chi connectivity index (χ0v) is 20.9. The first-order valence-electron chi connectivity index (χ1n) is 12.8. The highest BCUT2D eigenvalue weighted by molar-refractivity contribution is 5.77. The van der Waals surface area contributed by atoms with Crippen molar-refractivity contribution in [3.63, 3.8) is 0 Å². The fourth-order valence-corrected chi connectivity index (χ4v) is 4.82. The average Bonchev–Trinajstić information content (AvgIpc) is 3.27. The third kappa shape index (κ3) is 6.11. The van der Waals surface area contributed by atoms with Gasteiger partial charge in [0.05, 0.1) is 38.0 Å². The number of morpholine rings is 1. The first-order valence-corrected chi connectivity index (χ1v) is 12.8. The molecular formula is C27H32F3N3O4. The maximum atomic E-state index is 15.0. The van der Waals surface area contributed by atoms with Gasteiger partial charge in [0.25, 0.3) is 11.8 Å². The van der Waals surface area contributed by atoms with Gasteiger partial charge in [-0.25, -0.2) is 13.8 Å². The van der Waals surface area contributed by atoms with Crippen molar-refractivity contribution in [2.45, 2.75) is 44.1 Å². The molecule has 2 unspecified atom stereocenters. The quantitative estimate of drug-likeness (QED) is 0.493. The molecular weight excluding hydrogens is 487 g/mol. The molecule has 0 radical (unpaired) electrons. The van der Waals surface area contributed by atoms with Gasteiger partial charge in [0, 0.05) is 45.1 Å². The lowest BCUT2D eigenvalue weighted by atomic mass is 9.97. The Kier molecular flexibility index (Phi) is 7.46. The Bertz CT molecular complexity index is 1090. The van der Waals surface area contributed by atoms with Crippen LogP contribution in [0.25, 0.3) is 0 Å². The number of aromatic nitrogens is 1. The predicted molar refractivity (Wildman–Crippen MR) is 131 cm³/mol. The predicted octanol–water partition coefficient (Wildman–Crippen LogP) is 4.26. The van der Waals surface area contributed by atoms with Gasteiger partial charge in [-0.2, -0.15) is 4.39 Å². The van der Waals surface area contributed by atoms with Gasteiger partial charge in [-0.05, 0) is 29.7 Å². The van der Waals surface area contributed by atoms with Crippen LogP contribution in [-0.2, 0) is 9.53 Å². The van der Waals surface area contributed by atoms with Crippen LogP contribution in [0.5, 0.6) is 11.6 Å². The highest BCUT2D eigenvalue weighted by atomic mass is 19.3. The smallest absolute Gasteiger partial charge is 0.255 e. The molecule has 1 aromatic carbocycles. The lowest BCUT2D eigenvalue weighted by Crippen LogP contribution is -2.41. The molecule has 3 fully saturated rings. The van der Waals surface area contributed by atoms with E-state index in [1.807, 2.05) is 41.0 Å². The molecule has 3 atom stereocenters. The van der Waals surface area contributed by atoms with Gasteiger partial charge >= 0.3 is 0 Å². The molecule has 37 heavy (non-hydrogen) atoms. The number of rotatable bonds is 9. The molecule has 2 aromatic rings. The summed E-state index contributed by atoms with van der Waals surface area (Å²) in [6.45, 7) is 5.34. The number of nitrogens with zero attached hydrogens (tertiary/aromatic N) is 3. The van der Waals surface area contributed by atoms with E-state index < -0.39 is 17.7 Å². The number of halogens is 3. The fourth-order valence-electron chi connectivity index (χ4n) is 4.82. The first-order chi connectivity index (χ1) is 17.8. The topological polar surface area (TPSA) is 64.1 Å². The Balaban J connectivity index is 1.12. The minimum Gasteiger partial charge on any atom is -0.489 e. The van der Waals surface area contributed by atoms with Crippen LogP contribution in [0.4, 0.5) is 18.9 Å². The summed E-state index contributed by atoms with van der Waals surface area (Å²) in [4.78, 5) is 20.1. The number of pyridine rings is 1. The third-order valence-electron chi connectivity index (χ3n) is 7.30. The maximum absolute atomic E-state index is 15.0. The van der Waals surface area contributed by atoms with Gasteiger partial charge in [-0.1, -0.05) is 19.1 Å². The van der Waals surface area contributed by atoms with Gasteiger partial charge in [-0.3, -0.25) is 4.79 Å². The molecule has 3 aliphatic rings. The second-order valence-corrected chi connectivity index (χ2v) is 10.1. The molecule has 2 aliphatic heterocycles. The number of ether oxygens (including phenoxy) is 3. The molecule has 10 heteroatoms. The number of hydrogen-bond acceptors (Lipinski definition) is 6. The molecule has 0 N–H and O–H groups in total. The lowest BCUT2D eigenvalue weighted by Gasteiger charge is -2.28. The van der Waals surface area contributed by atoms with E-state index in [-0.39, 0.29) is 36.8 Å². The molecule has 3 heterocycles. The number of benzene rings is 1. The summed E-state index contributed by atoms with van der Waals surface area (Å²) in [5.74, 6) is -3.54. The number of alkyl halides is 2. The minimum atomic E-state index is -2.72. The number of carbonyl (C=O) groups is 1. The molecule has 0 spiro atoms. The second kappa shape index (κ2) is 10.8. The van der Waals surface area contributed by atoms with Crippen LogP contribution in [-0.4, -0.2) is 73.8 Å². The monoisotopic (exact) mass is 519 g/mol. The van der Waals surface area contributed by atoms with Gasteiger partial charge in [0.2, 0.25) is 11.7 Å². The van der Waals surface area contributed by atoms with Crippen LogP contribution < -0.4 is 14.4 Å². The van der Waals surface area contributed by atoms with Crippen LogP contribution >= 0.6 is 0 Å². The van der Waals surface area contributed by atoms with Crippen LogP contribution in [0.1, 0.15) is 37.7 Å². The van der Waals surface area contributed by atoms with E-state index in [1.165, 1.54) is 6.20 Å². The summed E-state index contributed by atoms with van der Waals surface area (Å²) >= 11 is 0. The summed E-state index contributed by atoms with van der Waals surface area (Å²) in [6, 6.07) is 9.33. The van der Waals surface area contributed by atoms with Crippen molar-refractivity contribution >= 4 is 11.6 Å². The summed E-state index contributed by atoms with van der Waals surface area (Å²) < 4.78 is 57.9. The van der Waals surface area contributed by atoms with Crippen molar-refractivity contribution in [2.75, 3.05) is 50.9 Å². The van der Waals surface area contributed by atoms with Gasteiger partial charge in [0.1, 0.15) is 11.9 Å². The van der Waals surface area contributed by atoms with E-state index in [2.05, 4.69) is 4.98 Å². The fraction of sp³-hybridized carbons (Fsp3) is 0.556. The number of hydrogen-bond donors (Lipinski definition) is 0. The molecule has 5 rings (SSSR count). The SMILES string of the molecule is C[C@H](CC(=O)N1CCOCC1)c1ccc(OC2CCN(c3ccnc(OCC4CC4(F)F)c3F)C2)cc1. The van der Waals surface area contributed by atoms with Crippen molar-refractivity contribution in [1.82, 2.24) is 9.88 Å². The van der Waals surface area contributed by atoms with E-state index in [0.29, 0.717) is 63.7 Å². The number of carbonyl (C=O) groups excluding carboxylic acids is 1. The Hall–Kier alpha value is -3.01. The highest BCUT2D eigenvalue weighted by Crippen LogP contribution is 2.48. The van der Waals surface area contributed by atoms with Gasteiger partial charge in [0.15, 0.2) is 0 Å². The van der Waals surface area contributed by atoms with Crippen LogP contribution in [0.2, 0.25) is 0 Å². The summed E-state index contributed by atoms with van der Waals surface area (Å²) in [6.07, 6.45) is 2.22. The van der Waals surface area contributed by atoms with Crippen molar-refractivity contribution < 1.29 is 32.2 Å². The van der Waals surface area contributed by atoms with Crippen molar-refractivity contribution in [3.05, 3.63) is 47.9 Å². The molecule has 1 amide bonds. The summed E-state index contributed by atoms with van der Waals surface area (Å²) in [7, 11) is 0. The van der Waals surface area contributed by atoms with Gasteiger partial charge < -0.3 is 24.0 Å². The van der Waals surface area contributed by atoms with Crippen LogP contribution in [0.15, 0.2) is 36.5 Å². The van der Waals surface area contributed by atoms with Crippen molar-refractivity contribution in [1.29, 1.82) is 0 Å². The molecule has 1 aliphatic carbocycles.